The quantitative estimate of drug-likeness (QED) is 0.861. The topological polar surface area (TPSA) is 35.6 Å². The van der Waals surface area contributed by atoms with Gasteiger partial charge in [-0.25, -0.2) is 0 Å². The van der Waals surface area contributed by atoms with E-state index in [0.29, 0.717) is 12.3 Å². The Bertz CT molecular complexity index is 520. The second-order valence-corrected chi connectivity index (χ2v) is 6.64. The summed E-state index contributed by atoms with van der Waals surface area (Å²) in [5, 5.41) is 3.28. The number of nitrogens with zero attached hydrogens (tertiary/aromatic N) is 2. The molecule has 0 aliphatic carbocycles. The first-order valence-electron chi connectivity index (χ1n) is 7.71. The second kappa shape index (κ2) is 8.29. The number of carbonyl (C=O) groups is 1. The molecule has 6 heteroatoms. The molecule has 1 aromatic rings. The molecular weight excluding hydrogens is 366 g/mol. The van der Waals surface area contributed by atoms with E-state index in [4.69, 9.17) is 0 Å². The van der Waals surface area contributed by atoms with E-state index < -0.39 is 0 Å². The van der Waals surface area contributed by atoms with Crippen molar-refractivity contribution in [1.29, 1.82) is 0 Å². The number of piperazine rings is 1. The van der Waals surface area contributed by atoms with Crippen LogP contribution < -0.4 is 5.32 Å². The predicted molar refractivity (Wildman–Crippen MR) is 94.4 cm³/mol. The molecule has 1 fully saturated rings. The number of benzene rings is 1. The summed E-state index contributed by atoms with van der Waals surface area (Å²) in [5.41, 5.74) is 2.83. The minimum Gasteiger partial charge on any atom is -0.340 e. The summed E-state index contributed by atoms with van der Waals surface area (Å²) >= 11 is 3.64. The van der Waals surface area contributed by atoms with Crippen LogP contribution in [0.1, 0.15) is 17.5 Å². The average molecular weight is 389 g/mol. The second-order valence-electron chi connectivity index (χ2n) is 5.78. The van der Waals surface area contributed by atoms with Gasteiger partial charge in [-0.1, -0.05) is 28.1 Å². The van der Waals surface area contributed by atoms with Crippen LogP contribution in [-0.2, 0) is 17.8 Å². The molecule has 2 aliphatic rings. The lowest BCUT2D eigenvalue weighted by Gasteiger charge is -2.31. The van der Waals surface area contributed by atoms with E-state index in [1.165, 1.54) is 15.6 Å². The van der Waals surface area contributed by atoms with Gasteiger partial charge in [-0.2, -0.15) is 0 Å². The van der Waals surface area contributed by atoms with Gasteiger partial charge in [-0.15, -0.1) is 12.4 Å². The van der Waals surface area contributed by atoms with Crippen molar-refractivity contribution in [1.82, 2.24) is 15.1 Å². The van der Waals surface area contributed by atoms with Gasteiger partial charge in [0.1, 0.15) is 0 Å². The molecule has 0 aromatic heterocycles. The zero-order valence-electron chi connectivity index (χ0n) is 12.7. The van der Waals surface area contributed by atoms with Gasteiger partial charge in [0.05, 0.1) is 0 Å². The van der Waals surface area contributed by atoms with Gasteiger partial charge in [0, 0.05) is 56.7 Å². The Morgan fingerprint density at radius 1 is 1.23 bits per heavy atom. The van der Waals surface area contributed by atoms with E-state index in [-0.39, 0.29) is 12.4 Å². The van der Waals surface area contributed by atoms with Crippen LogP contribution in [0.15, 0.2) is 22.7 Å². The van der Waals surface area contributed by atoms with E-state index in [1.807, 2.05) is 4.90 Å². The van der Waals surface area contributed by atoms with Crippen molar-refractivity contribution in [2.45, 2.75) is 19.4 Å². The number of rotatable bonds is 3. The first-order valence-corrected chi connectivity index (χ1v) is 8.50. The van der Waals surface area contributed by atoms with Crippen LogP contribution in [0.25, 0.3) is 0 Å². The summed E-state index contributed by atoms with van der Waals surface area (Å²) in [4.78, 5) is 16.6. The van der Waals surface area contributed by atoms with E-state index in [0.717, 1.165) is 52.2 Å². The molecule has 4 nitrogen and oxygen atoms in total. The Morgan fingerprint density at radius 2 is 2.00 bits per heavy atom. The van der Waals surface area contributed by atoms with Gasteiger partial charge in [0.2, 0.25) is 5.91 Å². The standard InChI is InChI=1S/C16H22BrN3O.ClH/c17-15-3-1-2-13-4-8-19(12-14(13)15)9-5-16(21)20-10-6-18-7-11-20;/h1-3,18H,4-12H2;1H. The van der Waals surface area contributed by atoms with Crippen LogP contribution in [-0.4, -0.2) is 55.0 Å². The highest BCUT2D eigenvalue weighted by Crippen LogP contribution is 2.26. The number of amides is 1. The number of carbonyl (C=O) groups excluding carboxylic acids is 1. The largest absolute Gasteiger partial charge is 0.340 e. The lowest BCUT2D eigenvalue weighted by atomic mass is 10.00. The monoisotopic (exact) mass is 387 g/mol. The Labute approximate surface area is 146 Å². The van der Waals surface area contributed by atoms with Crippen LogP contribution in [0.3, 0.4) is 0 Å². The molecule has 1 aromatic carbocycles. The summed E-state index contributed by atoms with van der Waals surface area (Å²) in [5.74, 6) is 0.300. The highest BCUT2D eigenvalue weighted by molar-refractivity contribution is 9.10. The average Bonchev–Trinajstić information content (AvgIpc) is 2.54. The first kappa shape index (κ1) is 17.7. The molecule has 0 atom stereocenters. The summed E-state index contributed by atoms with van der Waals surface area (Å²) in [6, 6.07) is 6.42. The molecule has 1 N–H and O–H groups in total. The van der Waals surface area contributed by atoms with Gasteiger partial charge < -0.3 is 10.2 Å². The third kappa shape index (κ3) is 4.22. The minimum atomic E-state index is 0. The summed E-state index contributed by atoms with van der Waals surface area (Å²) in [7, 11) is 0. The van der Waals surface area contributed by atoms with Crippen molar-refractivity contribution < 1.29 is 4.79 Å². The Kier molecular flexibility index (Phi) is 6.68. The summed E-state index contributed by atoms with van der Waals surface area (Å²) in [6.07, 6.45) is 1.72. The molecule has 3 rings (SSSR count). The molecule has 122 valence electrons. The molecule has 0 spiro atoms. The highest BCUT2D eigenvalue weighted by Gasteiger charge is 2.20. The number of nitrogens with one attached hydrogen (secondary N) is 1. The first-order chi connectivity index (χ1) is 10.2. The number of fused-ring (bicyclic) bond motifs is 1. The van der Waals surface area contributed by atoms with Gasteiger partial charge in [0.15, 0.2) is 0 Å². The molecule has 1 saturated heterocycles. The maximum absolute atomic E-state index is 12.2. The summed E-state index contributed by atoms with van der Waals surface area (Å²) in [6.45, 7) is 6.43. The number of hydrogen-bond acceptors (Lipinski definition) is 3. The van der Waals surface area contributed by atoms with Gasteiger partial charge in [0.25, 0.3) is 0 Å². The molecule has 0 saturated carbocycles. The molecule has 0 radical (unpaired) electrons. The van der Waals surface area contributed by atoms with Crippen molar-refractivity contribution in [3.63, 3.8) is 0 Å². The molecule has 2 aliphatic heterocycles. The predicted octanol–water partition coefficient (Wildman–Crippen LogP) is 2.05. The molecule has 1 amide bonds. The zero-order valence-corrected chi connectivity index (χ0v) is 15.1. The Morgan fingerprint density at radius 3 is 2.77 bits per heavy atom. The maximum atomic E-state index is 12.2. The third-order valence-electron chi connectivity index (χ3n) is 4.41. The fraction of sp³-hybridized carbons (Fsp3) is 0.562. The lowest BCUT2D eigenvalue weighted by Crippen LogP contribution is -2.47. The fourth-order valence-corrected chi connectivity index (χ4v) is 3.65. The van der Waals surface area contributed by atoms with Crippen LogP contribution in [0.4, 0.5) is 0 Å². The summed E-state index contributed by atoms with van der Waals surface area (Å²) < 4.78 is 1.19. The van der Waals surface area contributed by atoms with Crippen LogP contribution >= 0.6 is 28.3 Å². The van der Waals surface area contributed by atoms with Crippen molar-refractivity contribution in [3.8, 4) is 0 Å². The Hall–Kier alpha value is -0.620. The lowest BCUT2D eigenvalue weighted by molar-refractivity contribution is -0.132. The van der Waals surface area contributed by atoms with Crippen molar-refractivity contribution >= 4 is 34.2 Å². The number of hydrogen-bond donors (Lipinski definition) is 1. The van der Waals surface area contributed by atoms with E-state index in [2.05, 4.69) is 44.3 Å². The molecule has 0 unspecified atom stereocenters. The SMILES string of the molecule is Cl.O=C(CCN1CCc2cccc(Br)c2C1)N1CCNCC1. The smallest absolute Gasteiger partial charge is 0.223 e. The van der Waals surface area contributed by atoms with Gasteiger partial charge in [-0.05, 0) is 23.6 Å². The maximum Gasteiger partial charge on any atom is 0.223 e. The van der Waals surface area contributed by atoms with E-state index >= 15 is 0 Å². The van der Waals surface area contributed by atoms with Crippen molar-refractivity contribution in [3.05, 3.63) is 33.8 Å². The van der Waals surface area contributed by atoms with Crippen LogP contribution in [0.2, 0.25) is 0 Å². The zero-order chi connectivity index (χ0) is 14.7. The minimum absolute atomic E-state index is 0. The van der Waals surface area contributed by atoms with Crippen LogP contribution in [0.5, 0.6) is 0 Å². The molecule has 22 heavy (non-hydrogen) atoms. The van der Waals surface area contributed by atoms with E-state index in [1.54, 1.807) is 0 Å². The molecule has 2 heterocycles. The van der Waals surface area contributed by atoms with Crippen molar-refractivity contribution in [2.75, 3.05) is 39.3 Å². The fourth-order valence-electron chi connectivity index (χ4n) is 3.11. The molecular formula is C16H23BrClN3O. The Balaban J connectivity index is 0.00000176. The third-order valence-corrected chi connectivity index (χ3v) is 5.15. The van der Waals surface area contributed by atoms with Gasteiger partial charge >= 0.3 is 0 Å². The highest BCUT2D eigenvalue weighted by atomic mass is 79.9. The van der Waals surface area contributed by atoms with E-state index in [9.17, 15) is 4.79 Å². The van der Waals surface area contributed by atoms with Gasteiger partial charge in [-0.3, -0.25) is 9.69 Å². The van der Waals surface area contributed by atoms with Crippen LogP contribution in [0, 0.1) is 0 Å². The molecule has 0 bridgehead atoms. The number of halogens is 2. The van der Waals surface area contributed by atoms with Crippen molar-refractivity contribution in [2.24, 2.45) is 0 Å². The normalized spacial score (nSPS) is 18.5.